The summed E-state index contributed by atoms with van der Waals surface area (Å²) in [4.78, 5) is 35.0. The average molecular weight is 417 g/mol. The summed E-state index contributed by atoms with van der Waals surface area (Å²) in [6.45, 7) is 4.07. The first-order valence-corrected chi connectivity index (χ1v) is 8.84. The first-order chi connectivity index (χ1) is 12.8. The van der Waals surface area contributed by atoms with Crippen molar-refractivity contribution in [3.63, 3.8) is 0 Å². The van der Waals surface area contributed by atoms with Crippen LogP contribution in [0.15, 0.2) is 30.3 Å². The van der Waals surface area contributed by atoms with Gasteiger partial charge in [0.05, 0.1) is 7.11 Å². The van der Waals surface area contributed by atoms with Crippen LogP contribution in [0.2, 0.25) is 0 Å². The van der Waals surface area contributed by atoms with Crippen LogP contribution in [0.3, 0.4) is 0 Å². The van der Waals surface area contributed by atoms with E-state index in [2.05, 4.69) is 10.6 Å². The molecule has 3 N–H and O–H groups in total. The molecule has 1 amide bonds. The first kappa shape index (κ1) is 25.7. The third kappa shape index (κ3) is 10.1. The lowest BCUT2D eigenvalue weighted by Crippen LogP contribution is -2.49. The van der Waals surface area contributed by atoms with Gasteiger partial charge in [-0.2, -0.15) is 0 Å². The van der Waals surface area contributed by atoms with Crippen molar-refractivity contribution in [3.05, 3.63) is 35.9 Å². The lowest BCUT2D eigenvalue weighted by molar-refractivity contribution is -0.145. The number of rotatable bonds is 11. The zero-order valence-electron chi connectivity index (χ0n) is 16.3. The summed E-state index contributed by atoms with van der Waals surface area (Å²) in [6.07, 6.45) is -0.0656. The van der Waals surface area contributed by atoms with Crippen LogP contribution in [-0.2, 0) is 25.7 Å². The van der Waals surface area contributed by atoms with Crippen molar-refractivity contribution in [1.82, 2.24) is 10.6 Å². The number of esters is 1. The lowest BCUT2D eigenvalue weighted by Gasteiger charge is -2.22. The highest BCUT2D eigenvalue weighted by atomic mass is 35.5. The van der Waals surface area contributed by atoms with Gasteiger partial charge in [0.25, 0.3) is 0 Å². The predicted octanol–water partition coefficient (Wildman–Crippen LogP) is 2.36. The standard InChI is InChI=1S/C19H28N2O6.ClH/c1-13(2)11-16(17(22)23)21-15(18(24)26-3)9-10-20-19(25)27-12-14-7-5-4-6-8-14;/h4-8,13,15-16,21H,9-12H2,1-3H3,(H,20,25)(H,22,23);1H/t15-,16+;/m1./s1. The minimum absolute atomic E-state index is 0. The molecule has 1 rings (SSSR count). The van der Waals surface area contributed by atoms with Crippen molar-refractivity contribution in [3.8, 4) is 0 Å². The van der Waals surface area contributed by atoms with Crippen LogP contribution >= 0.6 is 12.4 Å². The van der Waals surface area contributed by atoms with Crippen LogP contribution in [-0.4, -0.2) is 48.9 Å². The number of carbonyl (C=O) groups is 3. The quantitative estimate of drug-likeness (QED) is 0.474. The summed E-state index contributed by atoms with van der Waals surface area (Å²) in [6, 6.07) is 7.52. The Morgan fingerprint density at radius 1 is 1.11 bits per heavy atom. The largest absolute Gasteiger partial charge is 0.480 e. The fraction of sp³-hybridized carbons (Fsp3) is 0.526. The molecule has 0 heterocycles. The number of ether oxygens (including phenoxy) is 2. The van der Waals surface area contributed by atoms with Crippen LogP contribution in [0, 0.1) is 5.92 Å². The summed E-state index contributed by atoms with van der Waals surface area (Å²) in [5.74, 6) is -1.47. The minimum Gasteiger partial charge on any atom is -0.480 e. The second-order valence-electron chi connectivity index (χ2n) is 6.54. The van der Waals surface area contributed by atoms with Gasteiger partial charge in [0, 0.05) is 6.54 Å². The first-order valence-electron chi connectivity index (χ1n) is 8.84. The predicted molar refractivity (Wildman–Crippen MR) is 106 cm³/mol. The molecule has 9 heteroatoms. The number of nitrogens with one attached hydrogen (secondary N) is 2. The highest BCUT2D eigenvalue weighted by Crippen LogP contribution is 2.08. The van der Waals surface area contributed by atoms with Crippen molar-refractivity contribution in [2.75, 3.05) is 13.7 Å². The molecule has 2 atom stereocenters. The van der Waals surface area contributed by atoms with E-state index < -0.39 is 30.1 Å². The maximum atomic E-state index is 11.9. The Hall–Kier alpha value is -2.32. The van der Waals surface area contributed by atoms with Gasteiger partial charge in [0.1, 0.15) is 18.7 Å². The van der Waals surface area contributed by atoms with Crippen molar-refractivity contribution in [1.29, 1.82) is 0 Å². The molecule has 0 saturated carbocycles. The molecule has 28 heavy (non-hydrogen) atoms. The Kier molecular flexibility index (Phi) is 12.6. The van der Waals surface area contributed by atoms with Gasteiger partial charge in [-0.1, -0.05) is 44.2 Å². The molecule has 0 aromatic heterocycles. The fourth-order valence-corrected chi connectivity index (χ4v) is 2.46. The van der Waals surface area contributed by atoms with E-state index in [-0.39, 0.29) is 37.9 Å². The summed E-state index contributed by atoms with van der Waals surface area (Å²) in [7, 11) is 1.23. The number of carbonyl (C=O) groups excluding carboxylic acids is 2. The fourth-order valence-electron chi connectivity index (χ4n) is 2.46. The topological polar surface area (TPSA) is 114 Å². The molecule has 0 aliphatic carbocycles. The zero-order chi connectivity index (χ0) is 20.2. The van der Waals surface area contributed by atoms with Crippen molar-refractivity contribution in [2.24, 2.45) is 5.92 Å². The second kappa shape index (κ2) is 13.8. The molecule has 0 bridgehead atoms. The number of methoxy groups -OCH3 is 1. The summed E-state index contributed by atoms with van der Waals surface area (Å²) < 4.78 is 9.81. The van der Waals surface area contributed by atoms with E-state index in [1.165, 1.54) is 7.11 Å². The van der Waals surface area contributed by atoms with Gasteiger partial charge < -0.3 is 19.9 Å². The minimum atomic E-state index is -1.03. The Bertz CT molecular complexity index is 612. The molecule has 0 fully saturated rings. The van der Waals surface area contributed by atoms with E-state index in [9.17, 15) is 19.5 Å². The van der Waals surface area contributed by atoms with Crippen molar-refractivity contribution in [2.45, 2.75) is 45.4 Å². The Balaban J connectivity index is 0.00000729. The van der Waals surface area contributed by atoms with Gasteiger partial charge in [-0.25, -0.2) is 4.79 Å². The van der Waals surface area contributed by atoms with Gasteiger partial charge in [0.15, 0.2) is 0 Å². The average Bonchev–Trinajstić information content (AvgIpc) is 2.64. The smallest absolute Gasteiger partial charge is 0.407 e. The third-order valence-electron chi connectivity index (χ3n) is 3.81. The second-order valence-corrected chi connectivity index (χ2v) is 6.54. The van der Waals surface area contributed by atoms with Gasteiger partial charge in [-0.3, -0.25) is 14.9 Å². The lowest BCUT2D eigenvalue weighted by atomic mass is 10.0. The van der Waals surface area contributed by atoms with Gasteiger partial charge >= 0.3 is 18.0 Å². The molecule has 1 aromatic rings. The van der Waals surface area contributed by atoms with Gasteiger partial charge in [-0.15, -0.1) is 12.4 Å². The normalized spacial score (nSPS) is 12.4. The monoisotopic (exact) mass is 416 g/mol. The van der Waals surface area contributed by atoms with Crippen molar-refractivity contribution < 1.29 is 29.0 Å². The molecule has 1 aromatic carbocycles. The third-order valence-corrected chi connectivity index (χ3v) is 3.81. The van der Waals surface area contributed by atoms with Crippen LogP contribution in [0.4, 0.5) is 4.79 Å². The highest BCUT2D eigenvalue weighted by Gasteiger charge is 2.27. The number of halogens is 1. The SMILES string of the molecule is COC(=O)[C@@H](CCNC(=O)OCc1ccccc1)N[C@@H](CC(C)C)C(=O)O.Cl. The molecule has 0 aliphatic rings. The Labute approximate surface area is 171 Å². The summed E-state index contributed by atoms with van der Waals surface area (Å²) >= 11 is 0. The summed E-state index contributed by atoms with van der Waals surface area (Å²) in [5.41, 5.74) is 0.861. The van der Waals surface area contributed by atoms with Crippen LogP contribution in [0.25, 0.3) is 0 Å². The molecule has 0 aliphatic heterocycles. The number of hydrogen-bond acceptors (Lipinski definition) is 6. The number of benzene rings is 1. The maximum absolute atomic E-state index is 11.9. The van der Waals surface area contributed by atoms with E-state index in [0.29, 0.717) is 6.42 Å². The van der Waals surface area contributed by atoms with E-state index in [0.717, 1.165) is 5.56 Å². The molecular formula is C19H29ClN2O6. The molecule has 0 unspecified atom stereocenters. The van der Waals surface area contributed by atoms with E-state index >= 15 is 0 Å². The molecule has 158 valence electrons. The highest BCUT2D eigenvalue weighted by molar-refractivity contribution is 5.85. The van der Waals surface area contributed by atoms with E-state index in [4.69, 9.17) is 9.47 Å². The number of hydrogen-bond donors (Lipinski definition) is 3. The molecule has 0 spiro atoms. The van der Waals surface area contributed by atoms with Crippen molar-refractivity contribution >= 4 is 30.4 Å². The van der Waals surface area contributed by atoms with Gasteiger partial charge in [0.2, 0.25) is 0 Å². The van der Waals surface area contributed by atoms with E-state index in [1.54, 1.807) is 0 Å². The Morgan fingerprint density at radius 2 is 1.75 bits per heavy atom. The van der Waals surface area contributed by atoms with E-state index in [1.807, 2.05) is 44.2 Å². The van der Waals surface area contributed by atoms with Crippen LogP contribution in [0.5, 0.6) is 0 Å². The molecular weight excluding hydrogens is 388 g/mol. The molecule has 0 radical (unpaired) electrons. The molecule has 0 saturated heterocycles. The molecule has 8 nitrogen and oxygen atoms in total. The number of carboxylic acids is 1. The number of alkyl carbamates (subject to hydrolysis) is 1. The number of carboxylic acid groups (broad SMARTS) is 1. The number of aliphatic carboxylic acids is 1. The van der Waals surface area contributed by atoms with Gasteiger partial charge in [-0.05, 0) is 24.3 Å². The zero-order valence-corrected chi connectivity index (χ0v) is 17.2. The number of amides is 1. The van der Waals surface area contributed by atoms with Crippen LogP contribution in [0.1, 0.15) is 32.3 Å². The Morgan fingerprint density at radius 3 is 2.29 bits per heavy atom. The summed E-state index contributed by atoms with van der Waals surface area (Å²) in [5, 5.41) is 14.7. The van der Waals surface area contributed by atoms with Crippen LogP contribution < -0.4 is 10.6 Å². The maximum Gasteiger partial charge on any atom is 0.407 e.